The van der Waals surface area contributed by atoms with Crippen LogP contribution in [0.4, 0.5) is 0 Å². The summed E-state index contributed by atoms with van der Waals surface area (Å²) >= 11 is 4.17. The van der Waals surface area contributed by atoms with Gasteiger partial charge in [-0.25, -0.2) is 0 Å². The summed E-state index contributed by atoms with van der Waals surface area (Å²) in [5.41, 5.74) is 14.6. The maximum Gasteiger partial charge on any atom is 0.120 e. The smallest absolute Gasteiger partial charge is 0.120 e. The molecule has 0 heterocycles. The first-order valence-corrected chi connectivity index (χ1v) is 20.1. The van der Waals surface area contributed by atoms with Crippen LogP contribution in [0.3, 0.4) is 0 Å². The van der Waals surface area contributed by atoms with Gasteiger partial charge in [-0.2, -0.15) is 0 Å². The van der Waals surface area contributed by atoms with E-state index >= 15 is 0 Å². The summed E-state index contributed by atoms with van der Waals surface area (Å²) in [6.07, 6.45) is 54.2. The number of rotatable bonds is 23. The van der Waals surface area contributed by atoms with E-state index in [0.29, 0.717) is 18.3 Å². The summed E-state index contributed by atoms with van der Waals surface area (Å²) in [6.45, 7) is 19.2. The van der Waals surface area contributed by atoms with Crippen molar-refractivity contribution in [3.63, 3.8) is 0 Å². The highest BCUT2D eigenvalue weighted by Gasteiger charge is 2.18. The lowest BCUT2D eigenvalue weighted by molar-refractivity contribution is 0.321. The molecule has 0 aliphatic heterocycles. The number of nitrogens with two attached hydrogens (primary N) is 1. The van der Waals surface area contributed by atoms with Crippen LogP contribution in [0, 0.1) is 5.92 Å². The predicted molar refractivity (Wildman–Crippen MR) is 261 cm³/mol. The molecule has 1 unspecified atom stereocenters. The van der Waals surface area contributed by atoms with E-state index in [1.54, 1.807) is 6.20 Å². The molecule has 0 radical (unpaired) electrons. The molecular weight excluding hydrogens is 723 g/mol. The maximum atomic E-state index is 6.00. The summed E-state index contributed by atoms with van der Waals surface area (Å²) in [5, 5.41) is 0. The van der Waals surface area contributed by atoms with Gasteiger partial charge in [-0.3, -0.25) is 0 Å². The Labute approximate surface area is 354 Å². The fourth-order valence-electron chi connectivity index (χ4n) is 5.84. The van der Waals surface area contributed by atoms with E-state index in [-0.39, 0.29) is 0 Å². The zero-order chi connectivity index (χ0) is 41.6. The van der Waals surface area contributed by atoms with Crippen molar-refractivity contribution in [1.82, 2.24) is 0 Å². The van der Waals surface area contributed by atoms with Crippen LogP contribution in [0.2, 0.25) is 0 Å². The number of thiol groups is 1. The van der Waals surface area contributed by atoms with E-state index in [1.807, 2.05) is 103 Å². The number of hydrogen-bond donors (Lipinski definition) is 2. The Morgan fingerprint density at radius 2 is 1.45 bits per heavy atom. The molecule has 2 aromatic rings. The van der Waals surface area contributed by atoms with E-state index in [0.717, 1.165) is 64.0 Å². The fourth-order valence-corrected chi connectivity index (χ4v) is 5.92. The third kappa shape index (κ3) is 18.6. The van der Waals surface area contributed by atoms with Crippen molar-refractivity contribution in [2.75, 3.05) is 6.61 Å². The molecule has 0 spiro atoms. The van der Waals surface area contributed by atoms with Crippen LogP contribution in [0.15, 0.2) is 254 Å². The molecule has 2 N–H and O–H groups in total. The SMILES string of the molecule is C=C(S)/C=C\C=C/CC(=C)/C=C\C=C(/C)C1CC=CC=C1C(=C)C/C=C\c1ccccc1C(=C)OC/C=C/C=C/C=C\C=C/C/C=C/C=C(\C=C/N)c1ccccc1. The van der Waals surface area contributed by atoms with Gasteiger partial charge in [0.15, 0.2) is 0 Å². The molecule has 2 aromatic carbocycles. The van der Waals surface area contributed by atoms with Crippen molar-refractivity contribution in [3.8, 4) is 0 Å². The Morgan fingerprint density at radius 3 is 2.22 bits per heavy atom. The average Bonchev–Trinajstić information content (AvgIpc) is 3.23. The number of benzene rings is 2. The summed E-state index contributed by atoms with van der Waals surface area (Å²) < 4.78 is 6.00. The summed E-state index contributed by atoms with van der Waals surface area (Å²) in [6, 6.07) is 18.4. The highest BCUT2D eigenvalue weighted by Crippen LogP contribution is 2.33. The van der Waals surface area contributed by atoms with Gasteiger partial charge in [0.25, 0.3) is 0 Å². The number of allylic oxidation sites excluding steroid dienone is 27. The molecule has 1 aliphatic rings. The van der Waals surface area contributed by atoms with Crippen LogP contribution in [-0.2, 0) is 4.74 Å². The number of hydrogen-bond acceptors (Lipinski definition) is 3. The first-order valence-electron chi connectivity index (χ1n) is 19.6. The second-order valence-corrected chi connectivity index (χ2v) is 14.0. The highest BCUT2D eigenvalue weighted by atomic mass is 32.1. The van der Waals surface area contributed by atoms with Crippen LogP contribution in [0.5, 0.6) is 0 Å². The average molecular weight is 782 g/mol. The minimum atomic E-state index is 0.292. The van der Waals surface area contributed by atoms with Gasteiger partial charge in [-0.1, -0.05) is 220 Å². The molecule has 3 rings (SSSR count). The maximum absolute atomic E-state index is 6.00. The highest BCUT2D eigenvalue weighted by molar-refractivity contribution is 7.84. The lowest BCUT2D eigenvalue weighted by Crippen LogP contribution is -2.09. The van der Waals surface area contributed by atoms with Crippen LogP contribution >= 0.6 is 12.6 Å². The van der Waals surface area contributed by atoms with Crippen molar-refractivity contribution in [2.24, 2.45) is 11.7 Å². The Hall–Kier alpha value is -6.29. The van der Waals surface area contributed by atoms with Gasteiger partial charge in [0.1, 0.15) is 12.4 Å². The lowest BCUT2D eigenvalue weighted by Gasteiger charge is -2.24. The van der Waals surface area contributed by atoms with E-state index in [2.05, 4.69) is 143 Å². The molecule has 3 heteroatoms. The second-order valence-electron chi connectivity index (χ2n) is 13.4. The van der Waals surface area contributed by atoms with Crippen molar-refractivity contribution in [3.05, 3.63) is 271 Å². The molecule has 0 saturated heterocycles. The molecule has 0 aromatic heterocycles. The van der Waals surface area contributed by atoms with Crippen LogP contribution in [0.25, 0.3) is 17.4 Å². The topological polar surface area (TPSA) is 35.2 Å². The van der Waals surface area contributed by atoms with E-state index < -0.39 is 0 Å². The molecule has 0 bridgehead atoms. The fraction of sp³-hybridized carbons (Fsp3) is 0.127. The molecule has 1 atom stereocenters. The Morgan fingerprint density at radius 1 is 0.741 bits per heavy atom. The summed E-state index contributed by atoms with van der Waals surface area (Å²) in [4.78, 5) is 0.731. The molecule has 0 amide bonds. The van der Waals surface area contributed by atoms with Crippen LogP contribution in [0.1, 0.15) is 49.3 Å². The largest absolute Gasteiger partial charge is 0.490 e. The molecular formula is C55H59NOS. The monoisotopic (exact) mass is 781 g/mol. The zero-order valence-corrected chi connectivity index (χ0v) is 34.9. The van der Waals surface area contributed by atoms with Gasteiger partial charge < -0.3 is 10.5 Å². The van der Waals surface area contributed by atoms with Gasteiger partial charge in [0.2, 0.25) is 0 Å². The summed E-state index contributed by atoms with van der Waals surface area (Å²) in [5.74, 6) is 0.930. The van der Waals surface area contributed by atoms with E-state index in [4.69, 9.17) is 10.5 Å². The molecule has 296 valence electrons. The van der Waals surface area contributed by atoms with Crippen molar-refractivity contribution in [2.45, 2.75) is 32.6 Å². The van der Waals surface area contributed by atoms with Crippen LogP contribution in [-0.4, -0.2) is 6.61 Å². The Balaban J connectivity index is 1.44. The van der Waals surface area contributed by atoms with E-state index in [1.165, 1.54) is 11.1 Å². The Kier molecular flexibility index (Phi) is 22.4. The molecule has 0 fully saturated rings. The first-order chi connectivity index (χ1) is 28.3. The Bertz CT molecular complexity index is 2110. The normalized spacial score (nSPS) is 15.7. The number of ether oxygens (including phenoxy) is 1. The van der Waals surface area contributed by atoms with Gasteiger partial charge in [-0.05, 0) is 89.8 Å². The molecule has 2 nitrogen and oxygen atoms in total. The standard InChI is InChI=1S/C55H59NOS/c1-45(29-17-15-18-33-48(4)58)30-27-31-46(2)53-39-24-25-40-54(53)47(3)32-28-38-52-37-22-23-41-55(52)49(5)57-44-26-14-12-10-8-6-7-9-11-13-19-36-51(42-43-56)50-34-20-16-21-35-50/h6-10,12-28,30-31,33-38,40-43,53,58H,1,3-5,11,29,32,39,44,56H2,2H3/b8-6-,9-7-,12-10+,17-15-,19-13+,26-14+,30-27-,33-18-,38-28-,43-42-,46-31+,51-36+. The van der Waals surface area contributed by atoms with Gasteiger partial charge in [0.05, 0.1) is 0 Å². The van der Waals surface area contributed by atoms with Crippen molar-refractivity contribution in [1.29, 1.82) is 0 Å². The van der Waals surface area contributed by atoms with Gasteiger partial charge in [0, 0.05) is 11.5 Å². The van der Waals surface area contributed by atoms with Gasteiger partial charge >= 0.3 is 0 Å². The minimum Gasteiger partial charge on any atom is -0.490 e. The van der Waals surface area contributed by atoms with Crippen molar-refractivity contribution >= 4 is 30.0 Å². The third-order valence-electron chi connectivity index (χ3n) is 8.90. The third-order valence-corrected chi connectivity index (χ3v) is 9.04. The van der Waals surface area contributed by atoms with Crippen molar-refractivity contribution < 1.29 is 4.74 Å². The summed E-state index contributed by atoms with van der Waals surface area (Å²) in [7, 11) is 0. The minimum absolute atomic E-state index is 0.292. The second kappa shape index (κ2) is 28.2. The molecule has 0 saturated carbocycles. The molecule has 1 aliphatic carbocycles. The van der Waals surface area contributed by atoms with Gasteiger partial charge in [-0.15, -0.1) is 12.6 Å². The molecule has 58 heavy (non-hydrogen) atoms. The first kappa shape index (κ1) is 46.1. The predicted octanol–water partition coefficient (Wildman–Crippen LogP) is 14.9. The quantitative estimate of drug-likeness (QED) is 0.0669. The lowest BCUT2D eigenvalue weighted by atomic mass is 9.81. The van der Waals surface area contributed by atoms with E-state index in [9.17, 15) is 0 Å². The zero-order valence-electron chi connectivity index (χ0n) is 34.0. The van der Waals surface area contributed by atoms with Crippen LogP contribution < -0.4 is 5.73 Å².